The first-order valence-corrected chi connectivity index (χ1v) is 11.9. The Morgan fingerprint density at radius 1 is 1.10 bits per heavy atom. The number of carbonyl (C=O) groups excluding carboxylic acids is 1. The number of carbonyl (C=O) groups is 1. The average Bonchev–Trinajstić information content (AvgIpc) is 3.37. The molecule has 29 heavy (non-hydrogen) atoms. The molecule has 1 saturated carbocycles. The van der Waals surface area contributed by atoms with Crippen LogP contribution in [0, 0.1) is 0 Å². The summed E-state index contributed by atoms with van der Waals surface area (Å²) < 4.78 is 30.1. The van der Waals surface area contributed by atoms with Gasteiger partial charge in [0.1, 0.15) is 0 Å². The maximum Gasteiger partial charge on any atom is 0.279 e. The lowest BCUT2D eigenvalue weighted by molar-refractivity contribution is 0.0998. The van der Waals surface area contributed by atoms with Crippen molar-refractivity contribution < 1.29 is 13.2 Å². The highest BCUT2D eigenvalue weighted by Gasteiger charge is 2.30. The molecule has 1 heterocycles. The van der Waals surface area contributed by atoms with Crippen LogP contribution in [0.5, 0.6) is 0 Å². The van der Waals surface area contributed by atoms with Crippen LogP contribution in [0.3, 0.4) is 0 Å². The number of aryl methyl sites for hydroxylation is 1. The third-order valence-electron chi connectivity index (χ3n) is 5.53. The van der Waals surface area contributed by atoms with Crippen molar-refractivity contribution >= 4 is 37.5 Å². The summed E-state index contributed by atoms with van der Waals surface area (Å²) in [6.45, 7) is 0. The summed E-state index contributed by atoms with van der Waals surface area (Å²) in [4.78, 5) is 17.7. The number of nitrogens with zero attached hydrogens (tertiary/aromatic N) is 3. The summed E-state index contributed by atoms with van der Waals surface area (Å²) in [5, 5.41) is 0. The van der Waals surface area contributed by atoms with Crippen LogP contribution < -0.4 is 4.80 Å². The normalized spacial score (nSPS) is 16.2. The Labute approximate surface area is 174 Å². The standard InChI is InChI=1S/C21H23N3O3S2/c1-23-18-9-5-6-10-19(18)28-21(23)22-20(25)15-11-13-17(14-12-15)29(26,27)24(2)16-7-3-4-8-16/h5-6,9-14,16H,3-4,7-8H2,1-2H3. The molecule has 8 heteroatoms. The molecule has 1 aromatic heterocycles. The van der Waals surface area contributed by atoms with E-state index in [0.717, 1.165) is 35.9 Å². The second-order valence-electron chi connectivity index (χ2n) is 7.31. The average molecular weight is 430 g/mol. The van der Waals surface area contributed by atoms with E-state index in [-0.39, 0.29) is 16.8 Å². The fourth-order valence-electron chi connectivity index (χ4n) is 3.74. The zero-order valence-electron chi connectivity index (χ0n) is 16.4. The van der Waals surface area contributed by atoms with E-state index in [9.17, 15) is 13.2 Å². The molecule has 0 spiro atoms. The predicted octanol–water partition coefficient (Wildman–Crippen LogP) is 3.54. The first-order valence-electron chi connectivity index (χ1n) is 9.59. The number of sulfonamides is 1. The number of rotatable bonds is 4. The molecule has 6 nitrogen and oxygen atoms in total. The lowest BCUT2D eigenvalue weighted by Gasteiger charge is -2.23. The van der Waals surface area contributed by atoms with Crippen LogP contribution in [0.2, 0.25) is 0 Å². The lowest BCUT2D eigenvalue weighted by atomic mass is 10.2. The van der Waals surface area contributed by atoms with Crippen LogP contribution in [0.25, 0.3) is 10.2 Å². The highest BCUT2D eigenvalue weighted by molar-refractivity contribution is 7.89. The highest BCUT2D eigenvalue weighted by Crippen LogP contribution is 2.27. The Morgan fingerprint density at radius 2 is 1.76 bits per heavy atom. The van der Waals surface area contributed by atoms with E-state index >= 15 is 0 Å². The van der Waals surface area contributed by atoms with Crippen molar-refractivity contribution in [1.29, 1.82) is 0 Å². The molecule has 0 radical (unpaired) electrons. The van der Waals surface area contributed by atoms with Crippen molar-refractivity contribution in [2.45, 2.75) is 36.6 Å². The van der Waals surface area contributed by atoms with Crippen molar-refractivity contribution in [3.63, 3.8) is 0 Å². The van der Waals surface area contributed by atoms with Gasteiger partial charge < -0.3 is 4.57 Å². The van der Waals surface area contributed by atoms with Gasteiger partial charge in [0.15, 0.2) is 4.80 Å². The number of fused-ring (bicyclic) bond motifs is 1. The van der Waals surface area contributed by atoms with Gasteiger partial charge >= 0.3 is 0 Å². The molecule has 1 aliphatic rings. The molecule has 0 N–H and O–H groups in total. The predicted molar refractivity (Wildman–Crippen MR) is 114 cm³/mol. The molecule has 152 valence electrons. The van der Waals surface area contributed by atoms with Crippen molar-refractivity contribution in [2.75, 3.05) is 7.05 Å². The van der Waals surface area contributed by atoms with Crippen molar-refractivity contribution in [3.05, 3.63) is 58.9 Å². The fraction of sp³-hybridized carbons (Fsp3) is 0.333. The van der Waals surface area contributed by atoms with Gasteiger partial charge in [-0.1, -0.05) is 36.3 Å². The van der Waals surface area contributed by atoms with Gasteiger partial charge in [0.2, 0.25) is 10.0 Å². The molecule has 0 atom stereocenters. The van der Waals surface area contributed by atoms with Crippen molar-refractivity contribution in [3.8, 4) is 0 Å². The molecule has 1 aliphatic carbocycles. The molecule has 0 saturated heterocycles. The van der Waals surface area contributed by atoms with Gasteiger partial charge in [-0.3, -0.25) is 4.79 Å². The fourth-order valence-corrected chi connectivity index (χ4v) is 6.17. The first kappa shape index (κ1) is 20.0. The van der Waals surface area contributed by atoms with Gasteiger partial charge in [-0.25, -0.2) is 8.42 Å². The number of hydrogen-bond acceptors (Lipinski definition) is 4. The molecule has 3 aromatic rings. The first-order chi connectivity index (χ1) is 13.9. The largest absolute Gasteiger partial charge is 0.319 e. The number of aromatic nitrogens is 1. The SMILES string of the molecule is CN(C1CCCC1)S(=O)(=O)c1ccc(C(=O)N=c2sc3ccccc3n2C)cc1. The molecule has 4 rings (SSSR count). The topological polar surface area (TPSA) is 71.7 Å². The molecule has 0 aliphatic heterocycles. The van der Waals surface area contributed by atoms with Crippen LogP contribution in [0.15, 0.2) is 58.4 Å². The second kappa shape index (κ2) is 7.85. The molecule has 2 aromatic carbocycles. The minimum absolute atomic E-state index is 0.0595. The van der Waals surface area contributed by atoms with Crippen molar-refractivity contribution in [1.82, 2.24) is 8.87 Å². The van der Waals surface area contributed by atoms with Crippen LogP contribution >= 0.6 is 11.3 Å². The Bertz CT molecular complexity index is 1220. The molecule has 0 unspecified atom stereocenters. The van der Waals surface area contributed by atoms with Crippen molar-refractivity contribution in [2.24, 2.45) is 12.0 Å². The summed E-state index contributed by atoms with van der Waals surface area (Å²) in [7, 11) is -0.0439. The smallest absolute Gasteiger partial charge is 0.279 e. The Balaban J connectivity index is 1.60. The quantitative estimate of drug-likeness (QED) is 0.637. The molecular formula is C21H23N3O3S2. The van der Waals surface area contributed by atoms with E-state index in [1.54, 1.807) is 7.05 Å². The number of thiazole rings is 1. The highest BCUT2D eigenvalue weighted by atomic mass is 32.2. The van der Waals surface area contributed by atoms with Crippen LogP contribution in [-0.2, 0) is 17.1 Å². The number of para-hydroxylation sites is 1. The van der Waals surface area contributed by atoms with Crippen LogP contribution in [-0.4, -0.2) is 36.3 Å². The van der Waals surface area contributed by atoms with E-state index in [4.69, 9.17) is 0 Å². The monoisotopic (exact) mass is 429 g/mol. The summed E-state index contributed by atoms with van der Waals surface area (Å²) in [5.74, 6) is -0.389. The third-order valence-corrected chi connectivity index (χ3v) is 8.57. The Morgan fingerprint density at radius 3 is 2.41 bits per heavy atom. The lowest BCUT2D eigenvalue weighted by Crippen LogP contribution is -2.35. The van der Waals surface area contributed by atoms with E-state index in [2.05, 4.69) is 4.99 Å². The van der Waals surface area contributed by atoms with E-state index in [0.29, 0.717) is 10.4 Å². The van der Waals surface area contributed by atoms with Crippen LogP contribution in [0.1, 0.15) is 36.0 Å². The minimum Gasteiger partial charge on any atom is -0.319 e. The zero-order valence-corrected chi connectivity index (χ0v) is 18.0. The van der Waals surface area contributed by atoms with E-state index < -0.39 is 10.0 Å². The number of amides is 1. The van der Waals surface area contributed by atoms with Gasteiger partial charge in [-0.2, -0.15) is 9.30 Å². The van der Waals surface area contributed by atoms with E-state index in [1.807, 2.05) is 35.9 Å². The molecule has 1 amide bonds. The maximum absolute atomic E-state index is 12.9. The minimum atomic E-state index is -3.56. The summed E-state index contributed by atoms with van der Waals surface area (Å²) >= 11 is 1.45. The van der Waals surface area contributed by atoms with Gasteiger partial charge in [0.25, 0.3) is 5.91 Å². The van der Waals surface area contributed by atoms with Gasteiger partial charge in [0.05, 0.1) is 15.1 Å². The Kier molecular flexibility index (Phi) is 5.42. The van der Waals surface area contributed by atoms with Gasteiger partial charge in [-0.05, 0) is 49.2 Å². The van der Waals surface area contributed by atoms with Gasteiger partial charge in [0, 0.05) is 25.7 Å². The molecule has 0 bridgehead atoms. The summed E-state index contributed by atoms with van der Waals surface area (Å²) in [6.07, 6.45) is 3.93. The van der Waals surface area contributed by atoms with Crippen LogP contribution in [0.4, 0.5) is 0 Å². The molecule has 1 fully saturated rings. The van der Waals surface area contributed by atoms with Gasteiger partial charge in [-0.15, -0.1) is 0 Å². The summed E-state index contributed by atoms with van der Waals surface area (Å²) in [6, 6.07) is 14.0. The summed E-state index contributed by atoms with van der Waals surface area (Å²) in [5.41, 5.74) is 1.38. The second-order valence-corrected chi connectivity index (χ2v) is 10.3. The Hall–Kier alpha value is -2.29. The number of hydrogen-bond donors (Lipinski definition) is 0. The molecular weight excluding hydrogens is 406 g/mol. The number of benzene rings is 2. The maximum atomic E-state index is 12.9. The third kappa shape index (κ3) is 3.80. The zero-order chi connectivity index (χ0) is 20.6. The van der Waals surface area contributed by atoms with E-state index in [1.165, 1.54) is 39.9 Å².